The molecule has 1 heterocycles. The number of carbonyl (C=O) groups excluding carboxylic acids is 1. The Balaban J connectivity index is 1.50. The van der Waals surface area contributed by atoms with Crippen LogP contribution in [0.3, 0.4) is 0 Å². The summed E-state index contributed by atoms with van der Waals surface area (Å²) < 4.78 is 20.2. The highest BCUT2D eigenvalue weighted by Gasteiger charge is 2.15. The fraction of sp³-hybridized carbons (Fsp3) is 0.200. The molecule has 2 aromatic rings. The second-order valence-corrected chi connectivity index (χ2v) is 4.91. The third kappa shape index (κ3) is 4.07. The van der Waals surface area contributed by atoms with E-state index in [1.807, 2.05) is 18.2 Å². The van der Waals surface area contributed by atoms with Gasteiger partial charge >= 0.3 is 0 Å². The highest BCUT2D eigenvalue weighted by atomic mass is 19.1. The summed E-state index contributed by atoms with van der Waals surface area (Å²) in [5.74, 6) is -0.752. The van der Waals surface area contributed by atoms with Crippen molar-refractivity contribution in [2.75, 3.05) is 11.9 Å². The van der Waals surface area contributed by atoms with Gasteiger partial charge in [0.05, 0.1) is 6.10 Å². The average molecular weight is 315 g/mol. The molecular formula is C15H14FN5O2. The third-order valence-corrected chi connectivity index (χ3v) is 3.20. The molecule has 1 aliphatic carbocycles. The number of allylic oxidation sites excluding steroid dienone is 2. The molecule has 0 saturated heterocycles. The lowest BCUT2D eigenvalue weighted by Crippen LogP contribution is -2.24. The maximum Gasteiger partial charge on any atom is 0.250 e. The molecule has 1 aliphatic rings. The second kappa shape index (κ2) is 6.93. The summed E-state index contributed by atoms with van der Waals surface area (Å²) in [6.07, 6.45) is 7.35. The van der Waals surface area contributed by atoms with Crippen LogP contribution in [0.15, 0.2) is 48.8 Å². The molecule has 3 rings (SSSR count). The van der Waals surface area contributed by atoms with E-state index in [0.29, 0.717) is 12.1 Å². The number of amides is 1. The van der Waals surface area contributed by atoms with Crippen molar-refractivity contribution in [2.45, 2.75) is 12.5 Å². The number of benzene rings is 1. The van der Waals surface area contributed by atoms with Crippen LogP contribution in [0.1, 0.15) is 6.42 Å². The zero-order valence-electron chi connectivity index (χ0n) is 12.1. The zero-order valence-corrected chi connectivity index (χ0v) is 12.1. The number of ether oxygens (including phenoxy) is 1. The molecule has 1 aromatic heterocycles. The number of hydrogen-bond acceptors (Lipinski definition) is 5. The van der Waals surface area contributed by atoms with Crippen LogP contribution < -0.4 is 5.32 Å². The monoisotopic (exact) mass is 315 g/mol. The van der Waals surface area contributed by atoms with Crippen LogP contribution in [0.4, 0.5) is 10.1 Å². The summed E-state index contributed by atoms with van der Waals surface area (Å²) in [7, 11) is 0. The van der Waals surface area contributed by atoms with Gasteiger partial charge in [-0.3, -0.25) is 4.79 Å². The van der Waals surface area contributed by atoms with Gasteiger partial charge in [-0.05, 0) is 34.7 Å². The number of halogens is 1. The number of nitrogens with zero attached hydrogens (tertiary/aromatic N) is 4. The molecule has 0 fully saturated rings. The van der Waals surface area contributed by atoms with Crippen molar-refractivity contribution in [1.29, 1.82) is 0 Å². The molecule has 0 radical (unpaired) electrons. The maximum atomic E-state index is 13.1. The van der Waals surface area contributed by atoms with Crippen molar-refractivity contribution in [1.82, 2.24) is 20.2 Å². The quantitative estimate of drug-likeness (QED) is 0.907. The molecule has 8 heteroatoms. The van der Waals surface area contributed by atoms with Crippen LogP contribution in [0.5, 0.6) is 0 Å². The van der Waals surface area contributed by atoms with Gasteiger partial charge in [0.25, 0.3) is 0 Å². The molecule has 1 N–H and O–H groups in total. The van der Waals surface area contributed by atoms with Crippen molar-refractivity contribution in [2.24, 2.45) is 0 Å². The molecule has 1 unspecified atom stereocenters. The number of tetrazole rings is 1. The van der Waals surface area contributed by atoms with Gasteiger partial charge in [0.15, 0.2) is 0 Å². The van der Waals surface area contributed by atoms with Crippen LogP contribution in [-0.4, -0.2) is 38.8 Å². The Labute approximate surface area is 131 Å². The van der Waals surface area contributed by atoms with Gasteiger partial charge in [-0.1, -0.05) is 18.2 Å². The Bertz CT molecular complexity index is 742. The Hall–Kier alpha value is -2.87. The van der Waals surface area contributed by atoms with Crippen LogP contribution in [0.25, 0.3) is 5.70 Å². The molecule has 0 bridgehead atoms. The largest absolute Gasteiger partial charge is 0.364 e. The first-order valence-corrected chi connectivity index (χ1v) is 6.98. The van der Waals surface area contributed by atoms with Gasteiger partial charge in [-0.15, -0.1) is 5.10 Å². The predicted octanol–water partition coefficient (Wildman–Crippen LogP) is 1.64. The van der Waals surface area contributed by atoms with Crippen molar-refractivity contribution in [3.63, 3.8) is 0 Å². The smallest absolute Gasteiger partial charge is 0.250 e. The second-order valence-electron chi connectivity index (χ2n) is 4.91. The van der Waals surface area contributed by atoms with E-state index >= 15 is 0 Å². The van der Waals surface area contributed by atoms with Gasteiger partial charge in [0, 0.05) is 17.8 Å². The molecule has 0 spiro atoms. The Morgan fingerprint density at radius 1 is 1.48 bits per heavy atom. The average Bonchev–Trinajstić information content (AvgIpc) is 3.08. The van der Waals surface area contributed by atoms with E-state index in [9.17, 15) is 9.18 Å². The van der Waals surface area contributed by atoms with Crippen molar-refractivity contribution in [3.05, 3.63) is 54.6 Å². The third-order valence-electron chi connectivity index (χ3n) is 3.20. The Morgan fingerprint density at radius 2 is 2.39 bits per heavy atom. The molecule has 1 atom stereocenters. The summed E-state index contributed by atoms with van der Waals surface area (Å²) in [5.41, 5.74) is 1.26. The number of aromatic nitrogens is 4. The van der Waals surface area contributed by atoms with E-state index in [1.165, 1.54) is 24.5 Å². The molecule has 118 valence electrons. The molecule has 1 amide bonds. The molecule has 7 nitrogen and oxygen atoms in total. The van der Waals surface area contributed by atoms with Crippen LogP contribution in [0.2, 0.25) is 0 Å². The van der Waals surface area contributed by atoms with Crippen LogP contribution >= 0.6 is 0 Å². The summed E-state index contributed by atoms with van der Waals surface area (Å²) >= 11 is 0. The number of nitrogens with one attached hydrogen (secondary N) is 1. The van der Waals surface area contributed by atoms with E-state index in [1.54, 1.807) is 10.7 Å². The van der Waals surface area contributed by atoms with Gasteiger partial charge in [-0.2, -0.15) is 0 Å². The Kier molecular flexibility index (Phi) is 4.53. The number of hydrogen-bond donors (Lipinski definition) is 1. The minimum atomic E-state index is -0.407. The summed E-state index contributed by atoms with van der Waals surface area (Å²) in [4.78, 5) is 11.8. The summed E-state index contributed by atoms with van der Waals surface area (Å²) in [5, 5.41) is 13.6. The molecular weight excluding hydrogens is 301 g/mol. The molecule has 23 heavy (non-hydrogen) atoms. The van der Waals surface area contributed by atoms with E-state index in [0.717, 1.165) is 5.70 Å². The van der Waals surface area contributed by atoms with Crippen LogP contribution in [0, 0.1) is 5.82 Å². The number of rotatable bonds is 5. The number of carbonyl (C=O) groups is 1. The van der Waals surface area contributed by atoms with E-state index in [-0.39, 0.29) is 18.6 Å². The molecule has 0 saturated carbocycles. The highest BCUT2D eigenvalue weighted by Crippen LogP contribution is 2.18. The van der Waals surface area contributed by atoms with Gasteiger partial charge < -0.3 is 10.1 Å². The van der Waals surface area contributed by atoms with Gasteiger partial charge in [-0.25, -0.2) is 9.07 Å². The molecule has 1 aromatic carbocycles. The van der Waals surface area contributed by atoms with Crippen molar-refractivity contribution < 1.29 is 13.9 Å². The first-order valence-electron chi connectivity index (χ1n) is 6.98. The standard InChI is InChI=1S/C15H14FN5O2/c16-11-3-1-4-12(7-11)18-15(22)9-23-14-6-2-5-13(8-14)21-10-17-19-20-21/h1-7,10,14H,8-9H2,(H,18,22). The maximum absolute atomic E-state index is 13.1. The Morgan fingerprint density at radius 3 is 3.17 bits per heavy atom. The minimum Gasteiger partial charge on any atom is -0.364 e. The van der Waals surface area contributed by atoms with E-state index in [2.05, 4.69) is 20.8 Å². The topological polar surface area (TPSA) is 81.9 Å². The lowest BCUT2D eigenvalue weighted by atomic mass is 10.1. The SMILES string of the molecule is O=C(COC1C=CC=C(n2cnnn2)C1)Nc1cccc(F)c1. The van der Waals surface area contributed by atoms with E-state index in [4.69, 9.17) is 4.74 Å². The zero-order chi connectivity index (χ0) is 16.1. The lowest BCUT2D eigenvalue weighted by Gasteiger charge is -2.18. The predicted molar refractivity (Wildman–Crippen MR) is 80.6 cm³/mol. The van der Waals surface area contributed by atoms with E-state index < -0.39 is 5.82 Å². The lowest BCUT2D eigenvalue weighted by molar-refractivity contribution is -0.121. The summed E-state index contributed by atoms with van der Waals surface area (Å²) in [6, 6.07) is 5.70. The fourth-order valence-corrected chi connectivity index (χ4v) is 2.16. The first-order chi connectivity index (χ1) is 11.2. The fourth-order valence-electron chi connectivity index (χ4n) is 2.16. The normalized spacial score (nSPS) is 16.9. The highest BCUT2D eigenvalue weighted by molar-refractivity contribution is 5.91. The first kappa shape index (κ1) is 15.0. The summed E-state index contributed by atoms with van der Waals surface area (Å²) in [6.45, 7) is -0.131. The van der Waals surface area contributed by atoms with Gasteiger partial charge in [0.2, 0.25) is 5.91 Å². The van der Waals surface area contributed by atoms with Crippen molar-refractivity contribution in [3.8, 4) is 0 Å². The minimum absolute atomic E-state index is 0.131. The number of anilines is 1. The van der Waals surface area contributed by atoms with Crippen molar-refractivity contribution >= 4 is 17.3 Å². The van der Waals surface area contributed by atoms with Gasteiger partial charge in [0.1, 0.15) is 18.8 Å². The molecule has 0 aliphatic heterocycles. The van der Waals surface area contributed by atoms with Crippen LogP contribution in [-0.2, 0) is 9.53 Å².